The first-order valence-electron chi connectivity index (χ1n) is 8.51. The molecule has 0 radical (unpaired) electrons. The highest BCUT2D eigenvalue weighted by Gasteiger charge is 2.13. The first-order valence-corrected chi connectivity index (χ1v) is 8.51. The van der Waals surface area contributed by atoms with Gasteiger partial charge in [0.25, 0.3) is 0 Å². The van der Waals surface area contributed by atoms with Gasteiger partial charge in [0.15, 0.2) is 0 Å². The minimum Gasteiger partial charge on any atom is -0.423 e. The zero-order valence-electron chi connectivity index (χ0n) is 14.1. The van der Waals surface area contributed by atoms with Crippen LogP contribution in [0.3, 0.4) is 0 Å². The largest absolute Gasteiger partial charge is 0.423 e. The fourth-order valence-electron chi connectivity index (χ4n) is 2.91. The normalized spacial score (nSPS) is 11.5. The number of hydrogen-bond acceptors (Lipinski definition) is 2. The van der Waals surface area contributed by atoms with Gasteiger partial charge in [-0.3, -0.25) is 0 Å². The van der Waals surface area contributed by atoms with Crippen molar-refractivity contribution in [3.63, 3.8) is 0 Å². The summed E-state index contributed by atoms with van der Waals surface area (Å²) in [6.07, 6.45) is 4.90. The highest BCUT2D eigenvalue weighted by molar-refractivity contribution is 5.80. The first kappa shape index (κ1) is 16.8. The molecule has 0 bridgehead atoms. The number of quaternary nitrogens is 1. The number of hydrogen-bond donors (Lipinski definition) is 1. The molecule has 1 aromatic carbocycles. The Bertz CT molecular complexity index is 652. The quantitative estimate of drug-likeness (QED) is 0.761. The van der Waals surface area contributed by atoms with Gasteiger partial charge in [0, 0.05) is 17.0 Å². The summed E-state index contributed by atoms with van der Waals surface area (Å²) in [4.78, 5) is 13.4. The lowest BCUT2D eigenvalue weighted by molar-refractivity contribution is -0.914. The van der Waals surface area contributed by atoms with Gasteiger partial charge in [0.1, 0.15) is 12.1 Å². The van der Waals surface area contributed by atoms with Gasteiger partial charge >= 0.3 is 5.63 Å². The van der Waals surface area contributed by atoms with Gasteiger partial charge in [0.2, 0.25) is 0 Å². The van der Waals surface area contributed by atoms with Crippen LogP contribution in [0.25, 0.3) is 11.0 Å². The van der Waals surface area contributed by atoms with Gasteiger partial charge in [-0.05, 0) is 31.4 Å². The zero-order valence-corrected chi connectivity index (χ0v) is 14.1. The van der Waals surface area contributed by atoms with Crippen LogP contribution in [0.1, 0.15) is 50.7 Å². The van der Waals surface area contributed by atoms with E-state index in [-0.39, 0.29) is 5.63 Å². The van der Waals surface area contributed by atoms with Crippen molar-refractivity contribution in [1.82, 2.24) is 0 Å². The fourth-order valence-corrected chi connectivity index (χ4v) is 2.91. The van der Waals surface area contributed by atoms with Gasteiger partial charge in [-0.15, -0.1) is 0 Å². The van der Waals surface area contributed by atoms with E-state index in [1.165, 1.54) is 38.8 Å². The van der Waals surface area contributed by atoms with Crippen LogP contribution >= 0.6 is 0 Å². The fraction of sp³-hybridized carbons (Fsp3) is 0.526. The van der Waals surface area contributed by atoms with Crippen LogP contribution in [0.5, 0.6) is 0 Å². The standard InChI is InChI=1S/C19H27NO2/c1-4-6-10-20(11-7-5-2)14-16-13-19(21)22-18-12-15(3)8-9-17(16)18/h8-9,12-13H,4-7,10-11,14H2,1-3H3/p+1. The van der Waals surface area contributed by atoms with Crippen molar-refractivity contribution in [3.05, 3.63) is 45.8 Å². The monoisotopic (exact) mass is 302 g/mol. The van der Waals surface area contributed by atoms with Crippen molar-refractivity contribution < 1.29 is 9.32 Å². The van der Waals surface area contributed by atoms with E-state index in [9.17, 15) is 4.79 Å². The van der Waals surface area contributed by atoms with Crippen LogP contribution in [-0.2, 0) is 6.54 Å². The SMILES string of the molecule is CCCC[NH+](CCCC)Cc1cc(=O)oc2cc(C)ccc12. The second-order valence-corrected chi connectivity index (χ2v) is 6.22. The summed E-state index contributed by atoms with van der Waals surface area (Å²) < 4.78 is 5.36. The van der Waals surface area contributed by atoms with Crippen molar-refractivity contribution in [2.45, 2.75) is 53.0 Å². The van der Waals surface area contributed by atoms with Gasteiger partial charge in [-0.25, -0.2) is 4.79 Å². The lowest BCUT2D eigenvalue weighted by Gasteiger charge is -2.19. The third-order valence-electron chi connectivity index (χ3n) is 4.19. The summed E-state index contributed by atoms with van der Waals surface area (Å²) in [5, 5.41) is 1.08. The van der Waals surface area contributed by atoms with Crippen LogP contribution < -0.4 is 10.5 Å². The second-order valence-electron chi connectivity index (χ2n) is 6.22. The zero-order chi connectivity index (χ0) is 15.9. The molecule has 2 aromatic rings. The van der Waals surface area contributed by atoms with E-state index in [0.29, 0.717) is 5.58 Å². The van der Waals surface area contributed by atoms with Crippen LogP contribution in [0, 0.1) is 6.92 Å². The summed E-state index contributed by atoms with van der Waals surface area (Å²) in [6, 6.07) is 7.80. The number of unbranched alkanes of at least 4 members (excludes halogenated alkanes) is 2. The maximum atomic E-state index is 11.8. The molecule has 22 heavy (non-hydrogen) atoms. The maximum absolute atomic E-state index is 11.8. The molecule has 0 saturated carbocycles. The molecule has 3 heteroatoms. The molecule has 0 unspecified atom stereocenters. The van der Waals surface area contributed by atoms with E-state index in [1.54, 1.807) is 11.0 Å². The number of fused-ring (bicyclic) bond motifs is 1. The third kappa shape index (κ3) is 4.44. The van der Waals surface area contributed by atoms with E-state index >= 15 is 0 Å². The Kier molecular flexibility index (Phi) is 6.20. The number of rotatable bonds is 8. The van der Waals surface area contributed by atoms with E-state index in [0.717, 1.165) is 23.1 Å². The maximum Gasteiger partial charge on any atom is 0.336 e. The molecular weight excluding hydrogens is 274 g/mol. The van der Waals surface area contributed by atoms with E-state index < -0.39 is 0 Å². The summed E-state index contributed by atoms with van der Waals surface area (Å²) in [6.45, 7) is 9.73. The number of benzene rings is 1. The average molecular weight is 302 g/mol. The van der Waals surface area contributed by atoms with Gasteiger partial charge in [-0.2, -0.15) is 0 Å². The summed E-state index contributed by atoms with van der Waals surface area (Å²) in [7, 11) is 0. The topological polar surface area (TPSA) is 34.7 Å². The highest BCUT2D eigenvalue weighted by Crippen LogP contribution is 2.17. The molecule has 0 spiro atoms. The van der Waals surface area contributed by atoms with E-state index in [1.807, 2.05) is 13.0 Å². The van der Waals surface area contributed by atoms with Gasteiger partial charge in [0.05, 0.1) is 13.1 Å². The smallest absolute Gasteiger partial charge is 0.336 e. The van der Waals surface area contributed by atoms with Crippen molar-refractivity contribution >= 4 is 11.0 Å². The number of aryl methyl sites for hydroxylation is 1. The van der Waals surface area contributed by atoms with Gasteiger partial charge in [-0.1, -0.05) is 38.8 Å². The molecule has 120 valence electrons. The van der Waals surface area contributed by atoms with Crippen molar-refractivity contribution in [2.75, 3.05) is 13.1 Å². The van der Waals surface area contributed by atoms with Gasteiger partial charge < -0.3 is 9.32 Å². The first-order chi connectivity index (χ1) is 10.6. The Balaban J connectivity index is 2.29. The summed E-state index contributed by atoms with van der Waals surface area (Å²) >= 11 is 0. The van der Waals surface area contributed by atoms with Crippen molar-refractivity contribution in [1.29, 1.82) is 0 Å². The molecule has 1 N–H and O–H groups in total. The Morgan fingerprint density at radius 2 is 1.73 bits per heavy atom. The minimum absolute atomic E-state index is 0.238. The Morgan fingerprint density at radius 1 is 1.05 bits per heavy atom. The molecular formula is C19H28NO2+. The Hall–Kier alpha value is -1.61. The number of nitrogens with one attached hydrogen (secondary N) is 1. The molecule has 0 aliphatic carbocycles. The molecule has 2 rings (SSSR count). The van der Waals surface area contributed by atoms with Crippen molar-refractivity contribution in [2.24, 2.45) is 0 Å². The lowest BCUT2D eigenvalue weighted by atomic mass is 10.1. The predicted octanol–water partition coefficient (Wildman–Crippen LogP) is 3.09. The highest BCUT2D eigenvalue weighted by atomic mass is 16.4. The molecule has 3 nitrogen and oxygen atoms in total. The lowest BCUT2D eigenvalue weighted by Crippen LogP contribution is -3.10. The molecule has 1 heterocycles. The Morgan fingerprint density at radius 3 is 2.36 bits per heavy atom. The predicted molar refractivity (Wildman–Crippen MR) is 91.4 cm³/mol. The molecule has 0 saturated heterocycles. The van der Waals surface area contributed by atoms with E-state index in [2.05, 4.69) is 26.0 Å². The minimum atomic E-state index is -0.238. The summed E-state index contributed by atoms with van der Waals surface area (Å²) in [5.74, 6) is 0. The molecule has 1 aromatic heterocycles. The van der Waals surface area contributed by atoms with Crippen LogP contribution in [0.4, 0.5) is 0 Å². The molecule has 0 fully saturated rings. The van der Waals surface area contributed by atoms with Crippen LogP contribution in [-0.4, -0.2) is 13.1 Å². The molecule has 0 atom stereocenters. The molecule has 0 amide bonds. The average Bonchev–Trinajstić information content (AvgIpc) is 2.49. The Labute approximate surface area is 132 Å². The summed E-state index contributed by atoms with van der Waals surface area (Å²) in [5.41, 5.74) is 2.72. The van der Waals surface area contributed by atoms with E-state index in [4.69, 9.17) is 4.42 Å². The third-order valence-corrected chi connectivity index (χ3v) is 4.19. The van der Waals surface area contributed by atoms with Crippen LogP contribution in [0.2, 0.25) is 0 Å². The molecule has 0 aliphatic heterocycles. The second kappa shape index (κ2) is 8.14. The van der Waals surface area contributed by atoms with Crippen LogP contribution in [0.15, 0.2) is 33.5 Å². The molecule has 0 aliphatic rings. The van der Waals surface area contributed by atoms with Crippen molar-refractivity contribution in [3.8, 4) is 0 Å².